The Kier molecular flexibility index (Phi) is 6.00. The number of carbonyl (C=O) groups excluding carboxylic acids is 1. The molecule has 0 atom stereocenters. The van der Waals surface area contributed by atoms with E-state index in [0.717, 1.165) is 4.31 Å². The lowest BCUT2D eigenvalue weighted by atomic mass is 10.5. The number of hydrogen-bond acceptors (Lipinski definition) is 5. The number of esters is 1. The summed E-state index contributed by atoms with van der Waals surface area (Å²) in [4.78, 5) is 11.3. The van der Waals surface area contributed by atoms with E-state index < -0.39 is 16.2 Å². The molecule has 7 nitrogen and oxygen atoms in total. The molecule has 0 spiro atoms. The average Bonchev–Trinajstić information content (AvgIpc) is 2.39. The summed E-state index contributed by atoms with van der Waals surface area (Å²) in [7, 11) is -2.36. The van der Waals surface area contributed by atoms with Crippen LogP contribution in [0.1, 0.15) is 13.3 Å². The van der Waals surface area contributed by atoms with Gasteiger partial charge >= 0.3 is 5.97 Å². The van der Waals surface area contributed by atoms with Crippen molar-refractivity contribution < 1.29 is 22.7 Å². The summed E-state index contributed by atoms with van der Waals surface area (Å²) in [5, 5.41) is 0. The number of carbonyl (C=O) groups is 1. The zero-order valence-electron chi connectivity index (χ0n) is 10.8. The van der Waals surface area contributed by atoms with Gasteiger partial charge < -0.3 is 9.47 Å². The molecule has 106 valence electrons. The van der Waals surface area contributed by atoms with Gasteiger partial charge in [-0.05, 0) is 6.42 Å². The molecular formula is C10H20N2O5S. The standard InChI is InChI=1S/C10H20N2O5S/c1-3-4-12(9-10(13)16-2)18(14,15)11-5-7-17-8-6-11/h3-9H2,1-2H3. The van der Waals surface area contributed by atoms with E-state index in [-0.39, 0.29) is 6.54 Å². The highest BCUT2D eigenvalue weighted by molar-refractivity contribution is 7.86. The fourth-order valence-electron chi connectivity index (χ4n) is 1.67. The van der Waals surface area contributed by atoms with Crippen molar-refractivity contribution in [1.82, 2.24) is 8.61 Å². The van der Waals surface area contributed by atoms with Crippen molar-refractivity contribution in [1.29, 1.82) is 0 Å². The van der Waals surface area contributed by atoms with E-state index in [1.807, 2.05) is 6.92 Å². The van der Waals surface area contributed by atoms with E-state index in [2.05, 4.69) is 4.74 Å². The molecule has 1 saturated heterocycles. The first-order valence-electron chi connectivity index (χ1n) is 5.92. The number of methoxy groups -OCH3 is 1. The molecular weight excluding hydrogens is 260 g/mol. The molecule has 0 aromatic heterocycles. The Morgan fingerprint density at radius 2 is 2.00 bits per heavy atom. The summed E-state index contributed by atoms with van der Waals surface area (Å²) >= 11 is 0. The Labute approximate surface area is 108 Å². The number of nitrogens with zero attached hydrogens (tertiary/aromatic N) is 2. The summed E-state index contributed by atoms with van der Waals surface area (Å²) in [5.41, 5.74) is 0. The van der Waals surface area contributed by atoms with Gasteiger partial charge in [-0.15, -0.1) is 0 Å². The maximum Gasteiger partial charge on any atom is 0.321 e. The Hall–Kier alpha value is -0.700. The van der Waals surface area contributed by atoms with Gasteiger partial charge in [-0.1, -0.05) is 6.92 Å². The highest BCUT2D eigenvalue weighted by Gasteiger charge is 2.31. The quantitative estimate of drug-likeness (QED) is 0.610. The number of ether oxygens (including phenoxy) is 2. The first-order valence-corrected chi connectivity index (χ1v) is 7.31. The number of rotatable bonds is 6. The van der Waals surface area contributed by atoms with Crippen LogP contribution in [0.2, 0.25) is 0 Å². The van der Waals surface area contributed by atoms with E-state index in [4.69, 9.17) is 4.74 Å². The summed E-state index contributed by atoms with van der Waals surface area (Å²) in [6.45, 7) is 3.33. The maximum atomic E-state index is 12.3. The van der Waals surface area contributed by atoms with Crippen LogP contribution in [0.5, 0.6) is 0 Å². The van der Waals surface area contributed by atoms with Crippen LogP contribution in [0.15, 0.2) is 0 Å². The van der Waals surface area contributed by atoms with Gasteiger partial charge in [-0.2, -0.15) is 17.0 Å². The molecule has 0 aromatic rings. The molecule has 0 N–H and O–H groups in total. The summed E-state index contributed by atoms with van der Waals surface area (Å²) < 4.78 is 36.8. The molecule has 8 heteroatoms. The van der Waals surface area contributed by atoms with E-state index in [0.29, 0.717) is 39.3 Å². The average molecular weight is 280 g/mol. The van der Waals surface area contributed by atoms with Gasteiger partial charge in [-0.25, -0.2) is 0 Å². The highest BCUT2D eigenvalue weighted by atomic mass is 32.2. The topological polar surface area (TPSA) is 76.2 Å². The minimum Gasteiger partial charge on any atom is -0.468 e. The molecule has 0 aliphatic carbocycles. The van der Waals surface area contributed by atoms with Crippen LogP contribution in [-0.2, 0) is 24.5 Å². The van der Waals surface area contributed by atoms with Gasteiger partial charge in [0.05, 0.1) is 20.3 Å². The van der Waals surface area contributed by atoms with E-state index >= 15 is 0 Å². The van der Waals surface area contributed by atoms with Crippen LogP contribution in [0.4, 0.5) is 0 Å². The van der Waals surface area contributed by atoms with E-state index in [9.17, 15) is 13.2 Å². The van der Waals surface area contributed by atoms with Crippen LogP contribution in [-0.4, -0.2) is 69.5 Å². The van der Waals surface area contributed by atoms with Crippen molar-refractivity contribution in [2.75, 3.05) is 46.5 Å². The van der Waals surface area contributed by atoms with Crippen molar-refractivity contribution in [2.45, 2.75) is 13.3 Å². The second-order valence-corrected chi connectivity index (χ2v) is 5.86. The van der Waals surface area contributed by atoms with Gasteiger partial charge in [0.1, 0.15) is 6.54 Å². The Morgan fingerprint density at radius 1 is 1.39 bits per heavy atom. The molecule has 0 bridgehead atoms. The molecule has 1 heterocycles. The molecule has 18 heavy (non-hydrogen) atoms. The third-order valence-corrected chi connectivity index (χ3v) is 4.61. The summed E-state index contributed by atoms with van der Waals surface area (Å²) in [6, 6.07) is 0. The first-order chi connectivity index (χ1) is 8.52. The van der Waals surface area contributed by atoms with Gasteiger partial charge in [0.15, 0.2) is 0 Å². The van der Waals surface area contributed by atoms with Gasteiger partial charge in [0, 0.05) is 19.6 Å². The van der Waals surface area contributed by atoms with Gasteiger partial charge in [0.25, 0.3) is 10.2 Å². The van der Waals surface area contributed by atoms with Crippen LogP contribution < -0.4 is 0 Å². The van der Waals surface area contributed by atoms with E-state index in [1.54, 1.807) is 0 Å². The largest absolute Gasteiger partial charge is 0.468 e. The molecule has 1 rings (SSSR count). The normalized spacial score (nSPS) is 17.9. The minimum absolute atomic E-state index is 0.246. The maximum absolute atomic E-state index is 12.3. The molecule has 0 radical (unpaired) electrons. The van der Waals surface area contributed by atoms with E-state index in [1.165, 1.54) is 11.4 Å². The molecule has 0 amide bonds. The zero-order chi connectivity index (χ0) is 13.6. The number of hydrogen-bond donors (Lipinski definition) is 0. The highest BCUT2D eigenvalue weighted by Crippen LogP contribution is 2.11. The Bertz CT molecular complexity index is 364. The Balaban J connectivity index is 2.78. The monoisotopic (exact) mass is 280 g/mol. The molecule has 1 aliphatic rings. The van der Waals surface area contributed by atoms with Crippen LogP contribution >= 0.6 is 0 Å². The van der Waals surface area contributed by atoms with Crippen molar-refractivity contribution in [3.63, 3.8) is 0 Å². The van der Waals surface area contributed by atoms with Crippen LogP contribution in [0.3, 0.4) is 0 Å². The second-order valence-electron chi connectivity index (χ2n) is 3.93. The molecule has 0 unspecified atom stereocenters. The van der Waals surface area contributed by atoms with Crippen molar-refractivity contribution in [2.24, 2.45) is 0 Å². The first kappa shape index (κ1) is 15.4. The lowest BCUT2D eigenvalue weighted by Crippen LogP contribution is -2.50. The molecule has 0 saturated carbocycles. The van der Waals surface area contributed by atoms with Gasteiger partial charge in [-0.3, -0.25) is 4.79 Å². The van der Waals surface area contributed by atoms with Crippen molar-refractivity contribution in [3.05, 3.63) is 0 Å². The molecule has 1 fully saturated rings. The lowest BCUT2D eigenvalue weighted by Gasteiger charge is -2.31. The number of morpholine rings is 1. The smallest absolute Gasteiger partial charge is 0.321 e. The summed E-state index contributed by atoms with van der Waals surface area (Å²) in [6.07, 6.45) is 0.639. The van der Waals surface area contributed by atoms with Crippen molar-refractivity contribution in [3.8, 4) is 0 Å². The van der Waals surface area contributed by atoms with Gasteiger partial charge in [0.2, 0.25) is 0 Å². The summed E-state index contributed by atoms with van der Waals surface area (Å²) in [5.74, 6) is -0.555. The fourth-order valence-corrected chi connectivity index (χ4v) is 3.29. The predicted molar refractivity (Wildman–Crippen MR) is 65.2 cm³/mol. The Morgan fingerprint density at radius 3 is 2.50 bits per heavy atom. The second kappa shape index (κ2) is 7.03. The molecule has 0 aromatic carbocycles. The third-order valence-electron chi connectivity index (χ3n) is 2.63. The fraction of sp³-hybridized carbons (Fsp3) is 0.900. The van der Waals surface area contributed by atoms with Crippen LogP contribution in [0, 0.1) is 0 Å². The van der Waals surface area contributed by atoms with Crippen molar-refractivity contribution >= 4 is 16.2 Å². The minimum atomic E-state index is -3.61. The SMILES string of the molecule is CCCN(CC(=O)OC)S(=O)(=O)N1CCOCC1. The third kappa shape index (κ3) is 3.91. The van der Waals surface area contributed by atoms with Crippen LogP contribution in [0.25, 0.3) is 0 Å². The molecule has 1 aliphatic heterocycles. The lowest BCUT2D eigenvalue weighted by molar-refractivity contribution is -0.140. The predicted octanol–water partition coefficient (Wildman–Crippen LogP) is -0.552. The zero-order valence-corrected chi connectivity index (χ0v) is 11.6.